The average Bonchev–Trinajstić information content (AvgIpc) is 2.39. The number of nitrogens with one attached hydrogen (secondary N) is 1. The van der Waals surface area contributed by atoms with Gasteiger partial charge in [0.1, 0.15) is 5.78 Å². The molecule has 0 saturated heterocycles. The zero-order valence-electron chi connectivity index (χ0n) is 10.8. The van der Waals surface area contributed by atoms with Gasteiger partial charge in [-0.3, -0.25) is 4.79 Å². The number of alkyl carbamates (subject to hydrolysis) is 1. The molecule has 0 fully saturated rings. The molecular formula is C14H19NO3. The fourth-order valence-electron chi connectivity index (χ4n) is 1.72. The minimum atomic E-state index is -0.500. The third kappa shape index (κ3) is 4.99. The number of methoxy groups -OCH3 is 1. The molecule has 0 aliphatic heterocycles. The maximum Gasteiger partial charge on any atom is 0.407 e. The Bertz CT molecular complexity index is 371. The number of carbonyl (C=O) groups excluding carboxylic acids is 2. The molecule has 4 nitrogen and oxygen atoms in total. The molecule has 18 heavy (non-hydrogen) atoms. The molecule has 1 unspecified atom stereocenters. The van der Waals surface area contributed by atoms with Crippen LogP contribution in [0.2, 0.25) is 0 Å². The van der Waals surface area contributed by atoms with Crippen LogP contribution in [0.5, 0.6) is 0 Å². The van der Waals surface area contributed by atoms with Gasteiger partial charge in [-0.1, -0.05) is 37.3 Å². The standard InChI is InChI=1S/C14H19NO3/c1-3-13(16)10-12(15-14(17)18-2)9-11-7-5-4-6-8-11/h4-8,12H,3,9-10H2,1-2H3,(H,15,17). The minimum absolute atomic E-state index is 0.132. The van der Waals surface area contributed by atoms with Gasteiger partial charge in [0.05, 0.1) is 7.11 Å². The number of ketones is 1. The summed E-state index contributed by atoms with van der Waals surface area (Å²) in [7, 11) is 1.32. The lowest BCUT2D eigenvalue weighted by Gasteiger charge is -2.17. The third-order valence-corrected chi connectivity index (χ3v) is 2.70. The summed E-state index contributed by atoms with van der Waals surface area (Å²) in [5.74, 6) is 0.132. The Kier molecular flexibility index (Phi) is 5.91. The maximum absolute atomic E-state index is 11.5. The Morgan fingerprint density at radius 1 is 1.28 bits per heavy atom. The third-order valence-electron chi connectivity index (χ3n) is 2.70. The van der Waals surface area contributed by atoms with Crippen LogP contribution >= 0.6 is 0 Å². The zero-order chi connectivity index (χ0) is 13.4. The number of carbonyl (C=O) groups is 2. The van der Waals surface area contributed by atoms with Crippen LogP contribution in [0.3, 0.4) is 0 Å². The molecule has 4 heteroatoms. The van der Waals surface area contributed by atoms with Crippen molar-refractivity contribution < 1.29 is 14.3 Å². The van der Waals surface area contributed by atoms with E-state index in [0.29, 0.717) is 19.3 Å². The largest absolute Gasteiger partial charge is 0.453 e. The first-order valence-corrected chi connectivity index (χ1v) is 6.05. The van der Waals surface area contributed by atoms with Crippen LogP contribution in [-0.2, 0) is 16.0 Å². The van der Waals surface area contributed by atoms with Crippen LogP contribution in [0.4, 0.5) is 4.79 Å². The first-order valence-electron chi connectivity index (χ1n) is 6.05. The van der Waals surface area contributed by atoms with E-state index < -0.39 is 6.09 Å². The van der Waals surface area contributed by atoms with E-state index in [-0.39, 0.29) is 11.8 Å². The van der Waals surface area contributed by atoms with E-state index in [1.807, 2.05) is 37.3 Å². The normalized spacial score (nSPS) is 11.7. The Morgan fingerprint density at radius 2 is 1.94 bits per heavy atom. The fraction of sp³-hybridized carbons (Fsp3) is 0.429. The predicted molar refractivity (Wildman–Crippen MR) is 69.4 cm³/mol. The molecule has 1 atom stereocenters. The van der Waals surface area contributed by atoms with E-state index in [9.17, 15) is 9.59 Å². The zero-order valence-corrected chi connectivity index (χ0v) is 10.8. The summed E-state index contributed by atoms with van der Waals surface area (Å²) < 4.78 is 4.57. The number of Topliss-reactive ketones (excluding diaryl/α,β-unsaturated/α-hetero) is 1. The monoisotopic (exact) mass is 249 g/mol. The second kappa shape index (κ2) is 7.48. The summed E-state index contributed by atoms with van der Waals surface area (Å²) in [6, 6.07) is 9.54. The van der Waals surface area contributed by atoms with Crippen LogP contribution in [0.15, 0.2) is 30.3 Å². The average molecular weight is 249 g/mol. The summed E-state index contributed by atoms with van der Waals surface area (Å²) >= 11 is 0. The lowest BCUT2D eigenvalue weighted by atomic mass is 10.0. The van der Waals surface area contributed by atoms with Crippen molar-refractivity contribution in [3.05, 3.63) is 35.9 Å². The summed E-state index contributed by atoms with van der Waals surface area (Å²) in [6.07, 6.45) is 0.941. The van der Waals surface area contributed by atoms with Crippen LogP contribution in [0, 0.1) is 0 Å². The van der Waals surface area contributed by atoms with E-state index in [1.165, 1.54) is 7.11 Å². The highest BCUT2D eigenvalue weighted by molar-refractivity contribution is 5.79. The highest BCUT2D eigenvalue weighted by Gasteiger charge is 2.16. The minimum Gasteiger partial charge on any atom is -0.453 e. The molecule has 0 heterocycles. The van der Waals surface area contributed by atoms with Crippen molar-refractivity contribution in [1.82, 2.24) is 5.32 Å². The van der Waals surface area contributed by atoms with Gasteiger partial charge in [-0.05, 0) is 12.0 Å². The molecule has 0 saturated carbocycles. The van der Waals surface area contributed by atoms with Crippen LogP contribution in [-0.4, -0.2) is 25.0 Å². The van der Waals surface area contributed by atoms with Crippen LogP contribution < -0.4 is 5.32 Å². The van der Waals surface area contributed by atoms with E-state index in [1.54, 1.807) is 0 Å². The molecule has 0 aromatic heterocycles. The maximum atomic E-state index is 11.5. The molecular weight excluding hydrogens is 230 g/mol. The van der Waals surface area contributed by atoms with Crippen molar-refractivity contribution in [2.24, 2.45) is 0 Å². The van der Waals surface area contributed by atoms with Gasteiger partial charge in [-0.25, -0.2) is 4.79 Å². The molecule has 98 valence electrons. The molecule has 0 aliphatic carbocycles. The number of hydrogen-bond donors (Lipinski definition) is 1. The summed E-state index contributed by atoms with van der Waals surface area (Å²) in [6.45, 7) is 1.82. The van der Waals surface area contributed by atoms with Crippen molar-refractivity contribution in [2.75, 3.05) is 7.11 Å². The van der Waals surface area contributed by atoms with Gasteiger partial charge in [-0.2, -0.15) is 0 Å². The fourth-order valence-corrected chi connectivity index (χ4v) is 1.72. The second-order valence-electron chi connectivity index (χ2n) is 4.12. The topological polar surface area (TPSA) is 55.4 Å². The van der Waals surface area contributed by atoms with E-state index in [0.717, 1.165) is 5.56 Å². The van der Waals surface area contributed by atoms with Gasteiger partial charge in [0.15, 0.2) is 0 Å². The summed E-state index contributed by atoms with van der Waals surface area (Å²) in [5, 5.41) is 2.70. The molecule has 0 bridgehead atoms. The van der Waals surface area contributed by atoms with Crippen molar-refractivity contribution in [3.8, 4) is 0 Å². The van der Waals surface area contributed by atoms with Crippen LogP contribution in [0.1, 0.15) is 25.3 Å². The lowest BCUT2D eigenvalue weighted by molar-refractivity contribution is -0.119. The molecule has 1 amide bonds. The highest BCUT2D eigenvalue weighted by atomic mass is 16.5. The highest BCUT2D eigenvalue weighted by Crippen LogP contribution is 2.07. The van der Waals surface area contributed by atoms with Gasteiger partial charge in [0.2, 0.25) is 0 Å². The molecule has 1 aromatic carbocycles. The van der Waals surface area contributed by atoms with Gasteiger partial charge in [0, 0.05) is 18.9 Å². The van der Waals surface area contributed by atoms with Gasteiger partial charge in [0.25, 0.3) is 0 Å². The summed E-state index contributed by atoms with van der Waals surface area (Å²) in [4.78, 5) is 22.7. The number of benzene rings is 1. The number of amides is 1. The van der Waals surface area contributed by atoms with Gasteiger partial charge in [-0.15, -0.1) is 0 Å². The number of rotatable bonds is 6. The van der Waals surface area contributed by atoms with Crippen LogP contribution in [0.25, 0.3) is 0 Å². The Labute approximate surface area is 107 Å². The van der Waals surface area contributed by atoms with Crippen molar-refractivity contribution in [2.45, 2.75) is 32.2 Å². The van der Waals surface area contributed by atoms with Crippen molar-refractivity contribution >= 4 is 11.9 Å². The molecule has 0 radical (unpaired) electrons. The van der Waals surface area contributed by atoms with E-state index in [2.05, 4.69) is 10.1 Å². The molecule has 0 aliphatic rings. The number of ether oxygens (including phenoxy) is 1. The van der Waals surface area contributed by atoms with E-state index in [4.69, 9.17) is 0 Å². The quantitative estimate of drug-likeness (QED) is 0.841. The Balaban J connectivity index is 2.64. The van der Waals surface area contributed by atoms with Crippen molar-refractivity contribution in [1.29, 1.82) is 0 Å². The smallest absolute Gasteiger partial charge is 0.407 e. The predicted octanol–water partition coefficient (Wildman–Crippen LogP) is 2.32. The Hall–Kier alpha value is -1.84. The lowest BCUT2D eigenvalue weighted by Crippen LogP contribution is -2.37. The first-order chi connectivity index (χ1) is 8.65. The van der Waals surface area contributed by atoms with E-state index >= 15 is 0 Å². The molecule has 1 N–H and O–H groups in total. The molecule has 0 spiro atoms. The second-order valence-corrected chi connectivity index (χ2v) is 4.12. The summed E-state index contributed by atoms with van der Waals surface area (Å²) in [5.41, 5.74) is 1.09. The SMILES string of the molecule is CCC(=O)CC(Cc1ccccc1)NC(=O)OC. The van der Waals surface area contributed by atoms with Crippen molar-refractivity contribution in [3.63, 3.8) is 0 Å². The van der Waals surface area contributed by atoms with Gasteiger partial charge < -0.3 is 10.1 Å². The van der Waals surface area contributed by atoms with Gasteiger partial charge >= 0.3 is 6.09 Å². The number of hydrogen-bond acceptors (Lipinski definition) is 3. The first kappa shape index (κ1) is 14.2. The molecule has 1 rings (SSSR count). The Morgan fingerprint density at radius 3 is 2.50 bits per heavy atom. The molecule has 1 aromatic rings.